The predicted molar refractivity (Wildman–Crippen MR) is 231 cm³/mol. The summed E-state index contributed by atoms with van der Waals surface area (Å²) in [5, 5.41) is 0. The van der Waals surface area contributed by atoms with Gasteiger partial charge in [-0.15, -0.1) is 0 Å². The molecule has 60 heavy (non-hydrogen) atoms. The maximum Gasteiger partial charge on any atom is 0.173 e. The van der Waals surface area contributed by atoms with E-state index in [0.717, 1.165) is 93.7 Å². The predicted octanol–water partition coefficient (Wildman–Crippen LogP) is 8.05. The molecule has 0 N–H and O–H groups in total. The molecule has 26 heterocycles. The van der Waals surface area contributed by atoms with Gasteiger partial charge in [0.2, 0.25) is 0 Å². The Morgan fingerprint density at radius 3 is 0.633 bits per heavy atom. The summed E-state index contributed by atoms with van der Waals surface area (Å²) < 4.78 is 32.6. The van der Waals surface area contributed by atoms with E-state index in [0.29, 0.717) is 0 Å². The molecule has 0 saturated heterocycles. The highest BCUT2D eigenvalue weighted by Crippen LogP contribution is 2.42. The van der Waals surface area contributed by atoms with E-state index in [1.54, 1.807) is 28.4 Å². The second-order valence-electron chi connectivity index (χ2n) is 15.2. The quantitative estimate of drug-likeness (QED) is 0.170. The minimum atomic E-state index is 0.759. The van der Waals surface area contributed by atoms with Crippen LogP contribution in [0, 0.1) is 0 Å². The monoisotopic (exact) mass is 792 g/mol. The van der Waals surface area contributed by atoms with Crippen molar-refractivity contribution in [3.63, 3.8) is 0 Å². The van der Waals surface area contributed by atoms with Crippen LogP contribution in [0.4, 0.5) is 0 Å². The second kappa shape index (κ2) is 16.9. The largest absolute Gasteiger partial charge is 0.496 e. The third-order valence-corrected chi connectivity index (χ3v) is 11.4. The topological polar surface area (TPSA) is 52.4 Å². The molecule has 22 aliphatic heterocycles. The van der Waals surface area contributed by atoms with Crippen LogP contribution in [0.3, 0.4) is 0 Å². The summed E-state index contributed by atoms with van der Waals surface area (Å²) in [5.74, 6) is 3.16. The summed E-state index contributed by atoms with van der Waals surface area (Å²) in [6.07, 6.45) is 16.9. The molecule has 8 heteroatoms. The smallest absolute Gasteiger partial charge is 0.173 e. The summed E-state index contributed by atoms with van der Waals surface area (Å²) in [4.78, 5) is 0. The molecule has 8 nitrogen and oxygen atoms in total. The molecule has 0 fully saturated rings. The lowest BCUT2D eigenvalue weighted by molar-refractivity contribution is -0.688. The maximum absolute atomic E-state index is 5.96. The Hall–Kier alpha value is -7.32. The van der Waals surface area contributed by atoms with E-state index in [9.17, 15) is 0 Å². The fraction of sp³-hybridized carbons (Fsp3) is 0.154. The molecule has 0 spiro atoms. The molecule has 30 rings (SSSR count). The van der Waals surface area contributed by atoms with Gasteiger partial charge in [-0.05, 0) is 46.5 Å². The minimum absolute atomic E-state index is 0.759. The van der Waals surface area contributed by atoms with Crippen LogP contribution in [0.15, 0.2) is 171 Å². The third kappa shape index (κ3) is 8.05. The van der Waals surface area contributed by atoms with Crippen molar-refractivity contribution < 1.29 is 37.2 Å². The van der Waals surface area contributed by atoms with E-state index in [-0.39, 0.29) is 0 Å². The summed E-state index contributed by atoms with van der Waals surface area (Å²) >= 11 is 0. The fourth-order valence-electron chi connectivity index (χ4n) is 8.01. The van der Waals surface area contributed by atoms with Crippen LogP contribution in [-0.4, -0.2) is 28.4 Å². The molecule has 0 amide bonds. The van der Waals surface area contributed by atoms with Crippen molar-refractivity contribution in [2.75, 3.05) is 28.4 Å². The Bertz CT molecular complexity index is 2360. The average molecular weight is 793 g/mol. The molecule has 4 aromatic carbocycles. The van der Waals surface area contributed by atoms with Gasteiger partial charge in [0, 0.05) is 93.0 Å². The van der Waals surface area contributed by atoms with Gasteiger partial charge < -0.3 is 18.9 Å². The van der Waals surface area contributed by atoms with Crippen molar-refractivity contribution >= 4 is 0 Å². The summed E-state index contributed by atoms with van der Waals surface area (Å²) in [6.45, 7) is 3.04. The van der Waals surface area contributed by atoms with Crippen LogP contribution >= 0.6 is 0 Å². The number of methoxy groups -OCH3 is 4. The molecule has 296 valence electrons. The lowest BCUT2D eigenvalue weighted by Gasteiger charge is -2.15. The first kappa shape index (κ1) is 38.2. The van der Waals surface area contributed by atoms with Crippen molar-refractivity contribution in [1.29, 1.82) is 0 Å². The summed E-state index contributed by atoms with van der Waals surface area (Å²) in [6, 6.07) is 43.0. The van der Waals surface area contributed by atoms with Crippen LogP contribution < -0.4 is 37.2 Å². The zero-order valence-corrected chi connectivity index (χ0v) is 34.4. The second-order valence-corrected chi connectivity index (χ2v) is 15.2. The number of benzene rings is 4. The molecule has 0 saturated carbocycles. The molecular formula is C52H48N4O4+4. The average Bonchev–Trinajstić information content (AvgIpc) is 3.30. The number of rotatable bonds is 4. The van der Waals surface area contributed by atoms with Crippen molar-refractivity contribution in [2.45, 2.75) is 26.2 Å². The summed E-state index contributed by atoms with van der Waals surface area (Å²) in [5.41, 5.74) is 13.0. The highest BCUT2D eigenvalue weighted by atomic mass is 16.5. The molecule has 0 atom stereocenters. The standard InChI is InChI=1S/C52H48N4O4/c1-57-49-29-46-42-15-23-54(24-16-42)34-38-9-11-40(12-10-38)36-56-27-19-44(20-28-56)48-32-51(59-3)47(31-52(48)60-4)43-17-25-55(26-18-43)35-39-7-5-37(6-8-39)33-53-21-13-41(14-22-53)45(49)30-50(46)58-2/h5-32H,33-36H2,1-4H3/q+4. The zero-order valence-electron chi connectivity index (χ0n) is 34.4. The van der Waals surface area contributed by atoms with Gasteiger partial charge in [0.05, 0.1) is 28.4 Å². The lowest BCUT2D eigenvalue weighted by atomic mass is 9.98. The van der Waals surface area contributed by atoms with Crippen LogP contribution in [0.1, 0.15) is 22.3 Å². The fourth-order valence-corrected chi connectivity index (χ4v) is 8.01. The Kier molecular flexibility index (Phi) is 10.7. The first-order valence-electron chi connectivity index (χ1n) is 20.1. The van der Waals surface area contributed by atoms with E-state index in [1.807, 2.05) is 0 Å². The number of hydrogen-bond donors (Lipinski definition) is 0. The Balaban J connectivity index is 1.05. The van der Waals surface area contributed by atoms with E-state index in [2.05, 4.69) is 189 Å². The number of aromatic nitrogens is 4. The minimum Gasteiger partial charge on any atom is -0.496 e. The number of nitrogens with zero attached hydrogens (tertiary/aromatic N) is 4. The number of ether oxygens (including phenoxy) is 4. The molecular weight excluding hydrogens is 745 g/mol. The van der Waals surface area contributed by atoms with Crippen molar-refractivity contribution in [3.8, 4) is 67.5 Å². The number of hydrogen-bond acceptors (Lipinski definition) is 4. The van der Waals surface area contributed by atoms with Gasteiger partial charge in [-0.2, -0.15) is 0 Å². The van der Waals surface area contributed by atoms with Crippen molar-refractivity contribution in [3.05, 3.63) is 193 Å². The molecule has 0 aliphatic carbocycles. The van der Waals surface area contributed by atoms with Crippen molar-refractivity contribution in [1.82, 2.24) is 0 Å². The maximum atomic E-state index is 5.96. The SMILES string of the molecule is COc1cc2c(OC)cc1-c1cc[n+](cc1)Cc1ccc(cc1)C[n+]1ccc(cc1)-c1cc(OC)c(cc1OC)-c1cc[n+](cc1)Cc1ccc(cc1)C[n+]1ccc-2cc1. The normalized spacial score (nSPS) is 12.1. The van der Waals surface area contributed by atoms with Gasteiger partial charge in [-0.3, -0.25) is 0 Å². The van der Waals surface area contributed by atoms with Crippen LogP contribution in [0.2, 0.25) is 0 Å². The molecule has 8 aromatic rings. The van der Waals surface area contributed by atoms with E-state index in [4.69, 9.17) is 18.9 Å². The van der Waals surface area contributed by atoms with Crippen molar-refractivity contribution in [2.24, 2.45) is 0 Å². The number of pyridine rings is 4. The van der Waals surface area contributed by atoms with Crippen LogP contribution in [-0.2, 0) is 26.2 Å². The van der Waals surface area contributed by atoms with Gasteiger partial charge in [-0.25, -0.2) is 18.3 Å². The lowest BCUT2D eigenvalue weighted by Crippen LogP contribution is -2.34. The summed E-state index contributed by atoms with van der Waals surface area (Å²) in [7, 11) is 6.89. The molecule has 0 unspecified atom stereocenters. The third-order valence-electron chi connectivity index (χ3n) is 11.4. The van der Waals surface area contributed by atoms with Crippen LogP contribution in [0.25, 0.3) is 44.5 Å². The van der Waals surface area contributed by atoms with Gasteiger partial charge in [0.25, 0.3) is 0 Å². The first-order chi connectivity index (χ1) is 29.5. The first-order valence-corrected chi connectivity index (χ1v) is 20.1. The molecule has 16 bridgehead atoms. The highest BCUT2D eigenvalue weighted by Gasteiger charge is 2.19. The molecule has 22 aliphatic rings. The zero-order chi connectivity index (χ0) is 41.0. The Morgan fingerprint density at radius 1 is 0.283 bits per heavy atom. The van der Waals surface area contributed by atoms with Gasteiger partial charge in [0.1, 0.15) is 23.0 Å². The molecule has 0 radical (unpaired) electrons. The Morgan fingerprint density at radius 2 is 0.467 bits per heavy atom. The van der Waals surface area contributed by atoms with Gasteiger partial charge in [0.15, 0.2) is 75.8 Å². The van der Waals surface area contributed by atoms with Gasteiger partial charge in [-0.1, -0.05) is 48.5 Å². The van der Waals surface area contributed by atoms with E-state index in [1.165, 1.54) is 22.3 Å². The molecule has 4 aromatic heterocycles. The highest BCUT2D eigenvalue weighted by molar-refractivity contribution is 5.82. The van der Waals surface area contributed by atoms with E-state index < -0.39 is 0 Å². The van der Waals surface area contributed by atoms with Crippen LogP contribution in [0.5, 0.6) is 23.0 Å². The van der Waals surface area contributed by atoms with Gasteiger partial charge >= 0.3 is 0 Å². The van der Waals surface area contributed by atoms with E-state index >= 15 is 0 Å². The Labute approximate surface area is 351 Å².